The fourth-order valence-electron chi connectivity index (χ4n) is 2.26. The quantitative estimate of drug-likeness (QED) is 0.733. The van der Waals surface area contributed by atoms with Crippen molar-refractivity contribution < 1.29 is 5.11 Å². The van der Waals surface area contributed by atoms with Crippen LogP contribution in [-0.2, 0) is 5.41 Å². The molecule has 0 heterocycles. The zero-order valence-electron chi connectivity index (χ0n) is 8.25. The average Bonchev–Trinajstić information content (AvgIpc) is 2.79. The lowest BCUT2D eigenvalue weighted by atomic mass is 9.92. The minimum atomic E-state index is 0.250. The standard InChI is InChI=1S/C12H16O/c1-9-5-3-4-6-11(9)12(2)7-10(12)8-13/h3-6,10,13H,7-8H2,1-2H3/t10-,12+/m0/s1. The van der Waals surface area contributed by atoms with Crippen LogP contribution in [0.2, 0.25) is 0 Å². The van der Waals surface area contributed by atoms with Crippen LogP contribution in [0.4, 0.5) is 0 Å². The van der Waals surface area contributed by atoms with Crippen molar-refractivity contribution in [2.45, 2.75) is 25.7 Å². The van der Waals surface area contributed by atoms with E-state index in [1.165, 1.54) is 11.1 Å². The first-order valence-electron chi connectivity index (χ1n) is 4.85. The van der Waals surface area contributed by atoms with Crippen LogP contribution < -0.4 is 0 Å². The molecule has 0 unspecified atom stereocenters. The summed E-state index contributed by atoms with van der Waals surface area (Å²) in [6.45, 7) is 4.72. The number of aliphatic hydroxyl groups excluding tert-OH is 1. The second kappa shape index (κ2) is 2.85. The Balaban J connectivity index is 2.32. The van der Waals surface area contributed by atoms with Gasteiger partial charge in [-0.3, -0.25) is 0 Å². The van der Waals surface area contributed by atoms with E-state index in [0.717, 1.165) is 6.42 Å². The van der Waals surface area contributed by atoms with Crippen molar-refractivity contribution >= 4 is 0 Å². The lowest BCUT2D eigenvalue weighted by molar-refractivity contribution is 0.265. The Labute approximate surface area is 79.4 Å². The van der Waals surface area contributed by atoms with Crippen molar-refractivity contribution in [1.82, 2.24) is 0 Å². The smallest absolute Gasteiger partial charge is 0.0468 e. The van der Waals surface area contributed by atoms with E-state index in [2.05, 4.69) is 38.1 Å². The Hall–Kier alpha value is -0.820. The molecule has 0 aliphatic heterocycles. The van der Waals surface area contributed by atoms with Gasteiger partial charge in [0.15, 0.2) is 0 Å². The molecule has 1 aromatic rings. The van der Waals surface area contributed by atoms with Gasteiger partial charge in [-0.15, -0.1) is 0 Å². The van der Waals surface area contributed by atoms with Gasteiger partial charge in [0.05, 0.1) is 0 Å². The Bertz CT molecular complexity index is 319. The number of hydrogen-bond acceptors (Lipinski definition) is 1. The molecule has 2 atom stereocenters. The maximum atomic E-state index is 9.09. The summed E-state index contributed by atoms with van der Waals surface area (Å²) in [4.78, 5) is 0. The predicted molar refractivity (Wildman–Crippen MR) is 53.7 cm³/mol. The van der Waals surface area contributed by atoms with E-state index in [1.54, 1.807) is 0 Å². The maximum absolute atomic E-state index is 9.09. The largest absolute Gasteiger partial charge is 0.396 e. The Morgan fingerprint density at radius 1 is 1.46 bits per heavy atom. The molecule has 1 heteroatoms. The van der Waals surface area contributed by atoms with Gasteiger partial charge >= 0.3 is 0 Å². The van der Waals surface area contributed by atoms with Crippen molar-refractivity contribution in [3.63, 3.8) is 0 Å². The molecule has 1 nitrogen and oxygen atoms in total. The van der Waals surface area contributed by atoms with E-state index >= 15 is 0 Å². The molecule has 1 aliphatic rings. The van der Waals surface area contributed by atoms with Gasteiger partial charge in [-0.25, -0.2) is 0 Å². The lowest BCUT2D eigenvalue weighted by Crippen LogP contribution is -2.08. The fraction of sp³-hybridized carbons (Fsp3) is 0.500. The maximum Gasteiger partial charge on any atom is 0.0468 e. The Morgan fingerprint density at radius 2 is 2.15 bits per heavy atom. The Morgan fingerprint density at radius 3 is 2.69 bits per heavy atom. The first-order valence-corrected chi connectivity index (χ1v) is 4.85. The molecule has 1 N–H and O–H groups in total. The summed E-state index contributed by atoms with van der Waals surface area (Å²) in [6.07, 6.45) is 1.13. The van der Waals surface area contributed by atoms with Crippen LogP contribution in [0.5, 0.6) is 0 Å². The molecule has 2 rings (SSSR count). The van der Waals surface area contributed by atoms with Gasteiger partial charge in [0.25, 0.3) is 0 Å². The summed E-state index contributed by atoms with van der Waals surface area (Å²) in [5.74, 6) is 0.480. The van der Waals surface area contributed by atoms with E-state index in [9.17, 15) is 0 Å². The number of rotatable bonds is 2. The van der Waals surface area contributed by atoms with Crippen LogP contribution in [-0.4, -0.2) is 11.7 Å². The molecule has 0 saturated heterocycles. The van der Waals surface area contributed by atoms with Crippen LogP contribution in [0.15, 0.2) is 24.3 Å². The number of aryl methyl sites for hydroxylation is 1. The van der Waals surface area contributed by atoms with Crippen LogP contribution in [0.25, 0.3) is 0 Å². The molecule has 1 aromatic carbocycles. The van der Waals surface area contributed by atoms with E-state index in [1.807, 2.05) is 0 Å². The van der Waals surface area contributed by atoms with Gasteiger partial charge in [-0.2, -0.15) is 0 Å². The number of aliphatic hydroxyl groups is 1. The summed E-state index contributed by atoms with van der Waals surface area (Å²) in [7, 11) is 0. The van der Waals surface area contributed by atoms with Gasteiger partial charge < -0.3 is 5.11 Å². The number of benzene rings is 1. The van der Waals surface area contributed by atoms with E-state index in [4.69, 9.17) is 5.11 Å². The third kappa shape index (κ3) is 1.28. The highest BCUT2D eigenvalue weighted by Crippen LogP contribution is 2.54. The van der Waals surface area contributed by atoms with Crippen molar-refractivity contribution in [3.8, 4) is 0 Å². The van der Waals surface area contributed by atoms with Gasteiger partial charge in [-0.1, -0.05) is 31.2 Å². The molecule has 1 saturated carbocycles. The van der Waals surface area contributed by atoms with Crippen LogP contribution >= 0.6 is 0 Å². The molecule has 13 heavy (non-hydrogen) atoms. The monoisotopic (exact) mass is 176 g/mol. The van der Waals surface area contributed by atoms with Crippen LogP contribution in [0, 0.1) is 12.8 Å². The Kier molecular flexibility index (Phi) is 1.92. The highest BCUT2D eigenvalue weighted by atomic mass is 16.3. The normalized spacial score (nSPS) is 31.8. The van der Waals surface area contributed by atoms with Crippen LogP contribution in [0.1, 0.15) is 24.5 Å². The lowest BCUT2D eigenvalue weighted by Gasteiger charge is -2.13. The predicted octanol–water partition coefficient (Wildman–Crippen LogP) is 2.26. The second-order valence-corrected chi connectivity index (χ2v) is 4.32. The molecular weight excluding hydrogens is 160 g/mol. The second-order valence-electron chi connectivity index (χ2n) is 4.32. The molecule has 1 fully saturated rings. The van der Waals surface area contributed by atoms with Gasteiger partial charge in [0.2, 0.25) is 0 Å². The van der Waals surface area contributed by atoms with Gasteiger partial charge in [-0.05, 0) is 35.8 Å². The molecule has 0 amide bonds. The summed E-state index contributed by atoms with van der Waals surface area (Å²) in [5.41, 5.74) is 3.01. The summed E-state index contributed by atoms with van der Waals surface area (Å²) >= 11 is 0. The van der Waals surface area contributed by atoms with Crippen molar-refractivity contribution in [2.75, 3.05) is 6.61 Å². The summed E-state index contributed by atoms with van der Waals surface area (Å²) < 4.78 is 0. The molecule has 0 radical (unpaired) electrons. The first kappa shape index (κ1) is 8.76. The highest BCUT2D eigenvalue weighted by molar-refractivity contribution is 5.38. The molecule has 0 bridgehead atoms. The fourth-order valence-corrected chi connectivity index (χ4v) is 2.26. The summed E-state index contributed by atoms with van der Waals surface area (Å²) in [6, 6.07) is 8.48. The molecule has 70 valence electrons. The first-order chi connectivity index (χ1) is 6.18. The number of hydrogen-bond donors (Lipinski definition) is 1. The third-order valence-corrected chi connectivity index (χ3v) is 3.39. The topological polar surface area (TPSA) is 20.2 Å². The minimum absolute atomic E-state index is 0.250. The molecule has 0 spiro atoms. The zero-order valence-corrected chi connectivity index (χ0v) is 8.25. The minimum Gasteiger partial charge on any atom is -0.396 e. The summed E-state index contributed by atoms with van der Waals surface area (Å²) in [5, 5.41) is 9.09. The van der Waals surface area contributed by atoms with Crippen molar-refractivity contribution in [1.29, 1.82) is 0 Å². The SMILES string of the molecule is Cc1ccccc1[C@]1(C)C[C@H]1CO. The van der Waals surface area contributed by atoms with E-state index in [0.29, 0.717) is 12.5 Å². The molecule has 1 aliphatic carbocycles. The highest BCUT2D eigenvalue weighted by Gasteiger charge is 2.50. The van der Waals surface area contributed by atoms with Gasteiger partial charge in [0.1, 0.15) is 0 Å². The molecular formula is C12H16O. The van der Waals surface area contributed by atoms with Crippen molar-refractivity contribution in [3.05, 3.63) is 35.4 Å². The van der Waals surface area contributed by atoms with E-state index < -0.39 is 0 Å². The molecule has 0 aromatic heterocycles. The van der Waals surface area contributed by atoms with Gasteiger partial charge in [0, 0.05) is 6.61 Å². The van der Waals surface area contributed by atoms with E-state index in [-0.39, 0.29) is 5.41 Å². The van der Waals surface area contributed by atoms with Crippen LogP contribution in [0.3, 0.4) is 0 Å². The third-order valence-electron chi connectivity index (χ3n) is 3.39. The average molecular weight is 176 g/mol. The zero-order chi connectivity index (χ0) is 9.47. The van der Waals surface area contributed by atoms with Crippen molar-refractivity contribution in [2.24, 2.45) is 5.92 Å².